The van der Waals surface area contributed by atoms with Gasteiger partial charge in [0.25, 0.3) is 0 Å². The minimum atomic E-state index is -0.553. The number of nitrogens with one attached hydrogen (secondary N) is 1. The Labute approximate surface area is 132 Å². The average molecular weight is 306 g/mol. The molecule has 0 unspecified atom stereocenters. The minimum absolute atomic E-state index is 0.180. The molecule has 0 saturated carbocycles. The SMILES string of the molecule is N#Cc1c(-c2ncc[nH]2)c(=O)oc2cc(N3CCCC3)ccc12. The van der Waals surface area contributed by atoms with Gasteiger partial charge in [-0.05, 0) is 25.0 Å². The summed E-state index contributed by atoms with van der Waals surface area (Å²) < 4.78 is 5.47. The van der Waals surface area contributed by atoms with Gasteiger partial charge in [-0.25, -0.2) is 9.78 Å². The lowest BCUT2D eigenvalue weighted by molar-refractivity contribution is 0.562. The molecule has 114 valence electrons. The molecule has 1 fully saturated rings. The number of benzene rings is 1. The van der Waals surface area contributed by atoms with Gasteiger partial charge in [0.1, 0.15) is 23.0 Å². The molecule has 23 heavy (non-hydrogen) atoms. The molecule has 1 aromatic carbocycles. The van der Waals surface area contributed by atoms with Crippen LogP contribution in [-0.4, -0.2) is 23.1 Å². The van der Waals surface area contributed by atoms with Crippen molar-refractivity contribution in [2.75, 3.05) is 18.0 Å². The highest BCUT2D eigenvalue weighted by atomic mass is 16.4. The topological polar surface area (TPSA) is 85.9 Å². The van der Waals surface area contributed by atoms with E-state index < -0.39 is 5.63 Å². The van der Waals surface area contributed by atoms with Crippen LogP contribution in [0.3, 0.4) is 0 Å². The lowest BCUT2D eigenvalue weighted by atomic mass is 10.0. The highest BCUT2D eigenvalue weighted by Gasteiger charge is 2.19. The van der Waals surface area contributed by atoms with E-state index in [1.807, 2.05) is 18.2 Å². The Kier molecular flexibility index (Phi) is 3.12. The minimum Gasteiger partial charge on any atom is -0.422 e. The molecule has 1 aliphatic rings. The maximum Gasteiger partial charge on any atom is 0.348 e. The molecule has 0 atom stereocenters. The van der Waals surface area contributed by atoms with Crippen molar-refractivity contribution in [3.63, 3.8) is 0 Å². The molecular weight excluding hydrogens is 292 g/mol. The van der Waals surface area contributed by atoms with Gasteiger partial charge < -0.3 is 14.3 Å². The van der Waals surface area contributed by atoms with Gasteiger partial charge in [-0.1, -0.05) is 0 Å². The first kappa shape index (κ1) is 13.6. The van der Waals surface area contributed by atoms with Crippen molar-refractivity contribution < 1.29 is 4.42 Å². The molecule has 0 radical (unpaired) electrons. The molecule has 0 aliphatic carbocycles. The monoisotopic (exact) mass is 306 g/mol. The summed E-state index contributed by atoms with van der Waals surface area (Å²) in [6, 6.07) is 7.78. The van der Waals surface area contributed by atoms with E-state index in [-0.39, 0.29) is 5.56 Å². The van der Waals surface area contributed by atoms with E-state index in [0.29, 0.717) is 22.4 Å². The Morgan fingerprint density at radius 2 is 2.13 bits per heavy atom. The fraction of sp³-hybridized carbons (Fsp3) is 0.235. The fourth-order valence-corrected chi connectivity index (χ4v) is 3.09. The number of rotatable bonds is 2. The Bertz CT molecular complexity index is 961. The van der Waals surface area contributed by atoms with E-state index in [4.69, 9.17) is 4.42 Å². The van der Waals surface area contributed by atoms with E-state index >= 15 is 0 Å². The zero-order valence-electron chi connectivity index (χ0n) is 12.4. The summed E-state index contributed by atoms with van der Waals surface area (Å²) in [6.07, 6.45) is 5.49. The first-order valence-electron chi connectivity index (χ1n) is 7.53. The van der Waals surface area contributed by atoms with Crippen LogP contribution < -0.4 is 10.5 Å². The summed E-state index contributed by atoms with van der Waals surface area (Å²) >= 11 is 0. The predicted molar refractivity (Wildman–Crippen MR) is 86.2 cm³/mol. The molecule has 3 aromatic rings. The van der Waals surface area contributed by atoms with E-state index in [1.54, 1.807) is 6.20 Å². The van der Waals surface area contributed by atoms with Gasteiger partial charge in [-0.2, -0.15) is 5.26 Å². The van der Waals surface area contributed by atoms with Crippen LogP contribution in [0.2, 0.25) is 0 Å². The van der Waals surface area contributed by atoms with E-state index in [9.17, 15) is 10.1 Å². The number of nitriles is 1. The van der Waals surface area contributed by atoms with Gasteiger partial charge in [0, 0.05) is 42.6 Å². The van der Waals surface area contributed by atoms with Crippen molar-refractivity contribution >= 4 is 16.7 Å². The van der Waals surface area contributed by atoms with Crippen LogP contribution in [0.25, 0.3) is 22.4 Å². The number of aromatic amines is 1. The number of H-pyrrole nitrogens is 1. The summed E-state index contributed by atoms with van der Waals surface area (Å²) in [5.41, 5.74) is 1.37. The van der Waals surface area contributed by atoms with E-state index in [2.05, 4.69) is 20.9 Å². The maximum atomic E-state index is 12.4. The molecule has 1 aliphatic heterocycles. The summed E-state index contributed by atoms with van der Waals surface area (Å²) in [5.74, 6) is 0.348. The Morgan fingerprint density at radius 3 is 2.83 bits per heavy atom. The molecule has 1 saturated heterocycles. The molecule has 0 spiro atoms. The molecule has 2 aromatic heterocycles. The van der Waals surface area contributed by atoms with Gasteiger partial charge in [-0.15, -0.1) is 0 Å². The highest BCUT2D eigenvalue weighted by molar-refractivity contribution is 5.90. The molecule has 0 bridgehead atoms. The second-order valence-corrected chi connectivity index (χ2v) is 5.56. The number of nitrogens with zero attached hydrogens (tertiary/aromatic N) is 3. The van der Waals surface area contributed by atoms with Crippen molar-refractivity contribution in [3.05, 3.63) is 46.6 Å². The molecule has 3 heterocycles. The molecular formula is C17H14N4O2. The number of fused-ring (bicyclic) bond motifs is 1. The summed E-state index contributed by atoms with van der Waals surface area (Å²) in [4.78, 5) is 21.5. The number of hydrogen-bond donors (Lipinski definition) is 1. The molecule has 6 nitrogen and oxygen atoms in total. The third-order valence-corrected chi connectivity index (χ3v) is 4.21. The van der Waals surface area contributed by atoms with Gasteiger partial charge in [-0.3, -0.25) is 0 Å². The normalized spacial score (nSPS) is 14.3. The molecule has 1 N–H and O–H groups in total. The van der Waals surface area contributed by atoms with Gasteiger partial charge in [0.2, 0.25) is 0 Å². The third-order valence-electron chi connectivity index (χ3n) is 4.21. The summed E-state index contributed by atoms with van der Waals surface area (Å²) in [5, 5.41) is 10.2. The number of imidazole rings is 1. The number of anilines is 1. The van der Waals surface area contributed by atoms with Crippen LogP contribution in [0.5, 0.6) is 0 Å². The zero-order chi connectivity index (χ0) is 15.8. The first-order valence-corrected chi connectivity index (χ1v) is 7.53. The van der Waals surface area contributed by atoms with Crippen LogP contribution in [0.4, 0.5) is 5.69 Å². The first-order chi connectivity index (χ1) is 11.3. The van der Waals surface area contributed by atoms with Gasteiger partial charge >= 0.3 is 5.63 Å². The summed E-state index contributed by atoms with van der Waals surface area (Å²) in [7, 11) is 0. The Balaban J connectivity index is 1.95. The summed E-state index contributed by atoms with van der Waals surface area (Å²) in [6.45, 7) is 2.01. The molecule has 0 amide bonds. The van der Waals surface area contributed by atoms with Crippen LogP contribution >= 0.6 is 0 Å². The third kappa shape index (κ3) is 2.18. The van der Waals surface area contributed by atoms with Crippen molar-refractivity contribution in [2.45, 2.75) is 12.8 Å². The zero-order valence-corrected chi connectivity index (χ0v) is 12.4. The van der Waals surface area contributed by atoms with Crippen molar-refractivity contribution in [3.8, 4) is 17.5 Å². The average Bonchev–Trinajstić information content (AvgIpc) is 3.26. The Morgan fingerprint density at radius 1 is 1.30 bits per heavy atom. The largest absolute Gasteiger partial charge is 0.422 e. The fourth-order valence-electron chi connectivity index (χ4n) is 3.09. The molecule has 4 rings (SSSR count). The van der Waals surface area contributed by atoms with Crippen LogP contribution in [0, 0.1) is 11.3 Å². The standard InChI is InChI=1S/C17H14N4O2/c18-10-13-12-4-3-11(21-7-1-2-8-21)9-14(12)23-17(22)15(13)16-19-5-6-20-16/h3-6,9H,1-2,7-8H2,(H,19,20). The Hall–Kier alpha value is -3.07. The van der Waals surface area contributed by atoms with Crippen molar-refractivity contribution in [1.82, 2.24) is 9.97 Å². The van der Waals surface area contributed by atoms with Gasteiger partial charge in [0.05, 0.1) is 5.56 Å². The maximum absolute atomic E-state index is 12.4. The lowest BCUT2D eigenvalue weighted by Gasteiger charge is -2.17. The van der Waals surface area contributed by atoms with Gasteiger partial charge in [0.15, 0.2) is 0 Å². The highest BCUT2D eigenvalue weighted by Crippen LogP contribution is 2.29. The number of aromatic nitrogens is 2. The second kappa shape index (κ2) is 5.29. The molecule has 6 heteroatoms. The second-order valence-electron chi connectivity index (χ2n) is 5.56. The van der Waals surface area contributed by atoms with Crippen LogP contribution in [-0.2, 0) is 0 Å². The van der Waals surface area contributed by atoms with Crippen molar-refractivity contribution in [2.24, 2.45) is 0 Å². The van der Waals surface area contributed by atoms with Crippen LogP contribution in [0.1, 0.15) is 18.4 Å². The van der Waals surface area contributed by atoms with E-state index in [0.717, 1.165) is 18.8 Å². The van der Waals surface area contributed by atoms with Crippen molar-refractivity contribution in [1.29, 1.82) is 5.26 Å². The van der Waals surface area contributed by atoms with E-state index in [1.165, 1.54) is 19.0 Å². The smallest absolute Gasteiger partial charge is 0.348 e. The van der Waals surface area contributed by atoms with Crippen LogP contribution in [0.15, 0.2) is 39.8 Å². The predicted octanol–water partition coefficient (Wildman–Crippen LogP) is 2.65. The number of hydrogen-bond acceptors (Lipinski definition) is 5. The quantitative estimate of drug-likeness (QED) is 0.736. The lowest BCUT2D eigenvalue weighted by Crippen LogP contribution is -2.17.